The van der Waals surface area contributed by atoms with Gasteiger partial charge in [-0.05, 0) is 37.0 Å². The van der Waals surface area contributed by atoms with E-state index in [2.05, 4.69) is 13.8 Å². The Morgan fingerprint density at radius 3 is 2.67 bits per heavy atom. The van der Waals surface area contributed by atoms with Crippen LogP contribution < -0.4 is 0 Å². The minimum Gasteiger partial charge on any atom is -0.396 e. The van der Waals surface area contributed by atoms with Gasteiger partial charge >= 0.3 is 0 Å². The molecule has 1 nitrogen and oxygen atoms in total. The van der Waals surface area contributed by atoms with Gasteiger partial charge in [0.1, 0.15) is 0 Å². The molecular formula is C11H22O. The number of aliphatic hydroxyl groups excluding tert-OH is 1. The first-order chi connectivity index (χ1) is 5.67. The maximum atomic E-state index is 8.77. The fourth-order valence-electron chi connectivity index (χ4n) is 2.44. The molecule has 1 aliphatic carbocycles. The van der Waals surface area contributed by atoms with Gasteiger partial charge in [-0.2, -0.15) is 0 Å². The highest BCUT2D eigenvalue weighted by atomic mass is 16.2. The first kappa shape index (κ1) is 10.0. The molecule has 0 heterocycles. The second-order valence-corrected chi connectivity index (χ2v) is 4.80. The van der Waals surface area contributed by atoms with Crippen LogP contribution in [0.1, 0.15) is 52.4 Å². The van der Waals surface area contributed by atoms with E-state index in [1.807, 2.05) is 0 Å². The van der Waals surface area contributed by atoms with E-state index in [-0.39, 0.29) is 0 Å². The van der Waals surface area contributed by atoms with Crippen molar-refractivity contribution in [2.75, 3.05) is 6.61 Å². The second-order valence-electron chi connectivity index (χ2n) is 4.80. The topological polar surface area (TPSA) is 20.2 Å². The Balaban J connectivity index is 2.37. The Bertz CT molecular complexity index is 129. The summed E-state index contributed by atoms with van der Waals surface area (Å²) >= 11 is 0. The summed E-state index contributed by atoms with van der Waals surface area (Å²) in [4.78, 5) is 0. The van der Waals surface area contributed by atoms with Gasteiger partial charge in [-0.3, -0.25) is 0 Å². The van der Waals surface area contributed by atoms with Crippen LogP contribution in [-0.4, -0.2) is 11.7 Å². The Morgan fingerprint density at radius 2 is 2.08 bits per heavy atom. The molecule has 1 fully saturated rings. The largest absolute Gasteiger partial charge is 0.396 e. The van der Waals surface area contributed by atoms with Gasteiger partial charge in [0.25, 0.3) is 0 Å². The average molecular weight is 170 g/mol. The van der Waals surface area contributed by atoms with Gasteiger partial charge in [-0.1, -0.05) is 26.7 Å². The summed E-state index contributed by atoms with van der Waals surface area (Å²) in [7, 11) is 0. The maximum Gasteiger partial charge on any atom is 0.0431 e. The van der Waals surface area contributed by atoms with Gasteiger partial charge in [0, 0.05) is 6.61 Å². The van der Waals surface area contributed by atoms with E-state index in [0.29, 0.717) is 12.0 Å². The summed E-state index contributed by atoms with van der Waals surface area (Å²) < 4.78 is 0. The highest BCUT2D eigenvalue weighted by molar-refractivity contribution is 4.82. The molecule has 12 heavy (non-hydrogen) atoms. The lowest BCUT2D eigenvalue weighted by molar-refractivity contribution is 0.119. The van der Waals surface area contributed by atoms with Crippen molar-refractivity contribution in [3.05, 3.63) is 0 Å². The van der Waals surface area contributed by atoms with E-state index >= 15 is 0 Å². The molecule has 0 saturated heterocycles. The van der Waals surface area contributed by atoms with Crippen LogP contribution in [0.25, 0.3) is 0 Å². The van der Waals surface area contributed by atoms with Gasteiger partial charge in [0.2, 0.25) is 0 Å². The molecule has 1 heteroatoms. The molecule has 1 N–H and O–H groups in total. The number of aliphatic hydroxyl groups is 1. The van der Waals surface area contributed by atoms with Gasteiger partial charge in [-0.15, -0.1) is 0 Å². The van der Waals surface area contributed by atoms with Crippen molar-refractivity contribution in [2.24, 2.45) is 11.3 Å². The lowest BCUT2D eigenvalue weighted by Gasteiger charge is -2.38. The van der Waals surface area contributed by atoms with Crippen LogP contribution in [0.3, 0.4) is 0 Å². The molecule has 1 saturated carbocycles. The number of hydrogen-bond donors (Lipinski definition) is 1. The Morgan fingerprint density at radius 1 is 1.33 bits per heavy atom. The molecule has 0 aliphatic heterocycles. The van der Waals surface area contributed by atoms with Crippen LogP contribution in [0.4, 0.5) is 0 Å². The summed E-state index contributed by atoms with van der Waals surface area (Å²) in [5.41, 5.74) is 0.535. The van der Waals surface area contributed by atoms with E-state index in [9.17, 15) is 0 Å². The van der Waals surface area contributed by atoms with Gasteiger partial charge in [0.15, 0.2) is 0 Å². The molecule has 1 rings (SSSR count). The van der Waals surface area contributed by atoms with Crippen LogP contribution in [0.15, 0.2) is 0 Å². The molecule has 0 bridgehead atoms. The number of hydrogen-bond acceptors (Lipinski definition) is 1. The fourth-order valence-corrected chi connectivity index (χ4v) is 2.44. The van der Waals surface area contributed by atoms with Gasteiger partial charge in [-0.25, -0.2) is 0 Å². The normalized spacial score (nSPS) is 28.8. The molecule has 0 radical (unpaired) electrons. The monoisotopic (exact) mass is 170 g/mol. The van der Waals surface area contributed by atoms with Gasteiger partial charge < -0.3 is 5.11 Å². The molecular weight excluding hydrogens is 148 g/mol. The third-order valence-corrected chi connectivity index (χ3v) is 3.44. The lowest BCUT2D eigenvalue weighted by atomic mass is 9.67. The predicted octanol–water partition coefficient (Wildman–Crippen LogP) is 2.98. The smallest absolute Gasteiger partial charge is 0.0431 e. The SMILES string of the molecule is CC1(C)CCCC[C@H]1CCCO. The van der Waals surface area contributed by atoms with Crippen LogP contribution >= 0.6 is 0 Å². The summed E-state index contributed by atoms with van der Waals surface area (Å²) in [6.45, 7) is 5.13. The van der Waals surface area contributed by atoms with Crippen molar-refractivity contribution in [3.8, 4) is 0 Å². The van der Waals surface area contributed by atoms with Crippen LogP contribution in [0.2, 0.25) is 0 Å². The minimum absolute atomic E-state index is 0.368. The van der Waals surface area contributed by atoms with Crippen molar-refractivity contribution in [3.63, 3.8) is 0 Å². The predicted molar refractivity (Wildman–Crippen MR) is 52.1 cm³/mol. The molecule has 0 aromatic heterocycles. The van der Waals surface area contributed by atoms with Crippen LogP contribution in [0, 0.1) is 11.3 Å². The van der Waals surface area contributed by atoms with E-state index in [1.165, 1.54) is 32.1 Å². The number of rotatable bonds is 3. The minimum atomic E-state index is 0.368. The fraction of sp³-hybridized carbons (Fsp3) is 1.00. The zero-order chi connectivity index (χ0) is 9.03. The molecule has 0 amide bonds. The molecule has 0 spiro atoms. The van der Waals surface area contributed by atoms with E-state index in [1.54, 1.807) is 0 Å². The van der Waals surface area contributed by atoms with E-state index < -0.39 is 0 Å². The maximum absolute atomic E-state index is 8.77. The third kappa shape index (κ3) is 2.48. The Labute approximate surface area is 76.2 Å². The molecule has 1 aliphatic rings. The zero-order valence-electron chi connectivity index (χ0n) is 8.47. The first-order valence-electron chi connectivity index (χ1n) is 5.27. The van der Waals surface area contributed by atoms with Crippen LogP contribution in [0.5, 0.6) is 0 Å². The highest BCUT2D eigenvalue weighted by Gasteiger charge is 2.31. The Kier molecular flexibility index (Phi) is 3.57. The van der Waals surface area contributed by atoms with E-state index in [4.69, 9.17) is 5.11 Å². The summed E-state index contributed by atoms with van der Waals surface area (Å²) in [5, 5.41) is 8.77. The van der Waals surface area contributed by atoms with Crippen molar-refractivity contribution in [1.29, 1.82) is 0 Å². The highest BCUT2D eigenvalue weighted by Crippen LogP contribution is 2.42. The van der Waals surface area contributed by atoms with E-state index in [0.717, 1.165) is 12.3 Å². The standard InChI is InChI=1S/C11H22O/c1-11(2)8-4-3-6-10(11)7-5-9-12/h10,12H,3-9H2,1-2H3/t10-/m0/s1. The quantitative estimate of drug-likeness (QED) is 0.690. The zero-order valence-corrected chi connectivity index (χ0v) is 8.47. The molecule has 72 valence electrons. The van der Waals surface area contributed by atoms with Crippen molar-refractivity contribution >= 4 is 0 Å². The lowest BCUT2D eigenvalue weighted by Crippen LogP contribution is -2.27. The molecule has 1 atom stereocenters. The average Bonchev–Trinajstić information content (AvgIpc) is 2.02. The van der Waals surface area contributed by atoms with Crippen LogP contribution in [-0.2, 0) is 0 Å². The third-order valence-electron chi connectivity index (χ3n) is 3.44. The summed E-state index contributed by atoms with van der Waals surface area (Å²) in [6.07, 6.45) is 7.79. The summed E-state index contributed by atoms with van der Waals surface area (Å²) in [5.74, 6) is 0.860. The van der Waals surface area contributed by atoms with Gasteiger partial charge in [0.05, 0.1) is 0 Å². The van der Waals surface area contributed by atoms with Crippen molar-refractivity contribution < 1.29 is 5.11 Å². The second kappa shape index (κ2) is 4.27. The van der Waals surface area contributed by atoms with Crippen molar-refractivity contribution in [1.82, 2.24) is 0 Å². The Hall–Kier alpha value is -0.0400. The molecule has 0 aromatic carbocycles. The molecule has 0 unspecified atom stereocenters. The van der Waals surface area contributed by atoms with Crippen molar-refractivity contribution in [2.45, 2.75) is 52.4 Å². The molecule has 0 aromatic rings. The summed E-state index contributed by atoms with van der Waals surface area (Å²) in [6, 6.07) is 0. The first-order valence-corrected chi connectivity index (χ1v) is 5.27.